The maximum Gasteiger partial charge on any atom is 0.356 e. The monoisotopic (exact) mass is 534 g/mol. The van der Waals surface area contributed by atoms with E-state index in [2.05, 4.69) is 83.1 Å². The highest BCUT2D eigenvalue weighted by Gasteiger charge is 2.22. The highest BCUT2D eigenvalue weighted by Crippen LogP contribution is 2.29. The Labute approximate surface area is 237 Å². The van der Waals surface area contributed by atoms with Crippen molar-refractivity contribution in [1.82, 2.24) is 10.3 Å². The molecule has 0 radical (unpaired) electrons. The first kappa shape index (κ1) is 27.6. The van der Waals surface area contributed by atoms with Crippen molar-refractivity contribution in [2.45, 2.75) is 58.1 Å². The minimum absolute atomic E-state index is 0.237. The molecule has 5 rings (SSSR count). The molecule has 1 aliphatic carbocycles. The number of nitrogens with one attached hydrogen (secondary N) is 1. The van der Waals surface area contributed by atoms with Crippen LogP contribution in [-0.4, -0.2) is 24.1 Å². The molecule has 5 nitrogen and oxygen atoms in total. The molecule has 1 heterocycles. The van der Waals surface area contributed by atoms with E-state index in [0.717, 1.165) is 56.5 Å². The fraction of sp³-hybridized carbons (Fsp3) is 0.314. The van der Waals surface area contributed by atoms with Gasteiger partial charge in [-0.15, -0.1) is 0 Å². The SMILES string of the molecule is CCOC(=O)c1ccc2c(n1)CCCC2NCCc1ccccc1OCc1ccc(CCc2ccccc2)cc1. The van der Waals surface area contributed by atoms with Gasteiger partial charge in [0.2, 0.25) is 0 Å². The number of carbonyl (C=O) groups is 1. The van der Waals surface area contributed by atoms with Crippen molar-refractivity contribution in [2.75, 3.05) is 13.2 Å². The Bertz CT molecular complexity index is 1390. The number of benzene rings is 3. The van der Waals surface area contributed by atoms with E-state index in [1.165, 1.54) is 27.8 Å². The maximum atomic E-state index is 12.1. The van der Waals surface area contributed by atoms with Crippen LogP contribution in [0.4, 0.5) is 0 Å². The highest BCUT2D eigenvalue weighted by atomic mass is 16.5. The predicted octanol–water partition coefficient (Wildman–Crippen LogP) is 6.83. The Hall–Kier alpha value is -3.96. The third kappa shape index (κ3) is 7.36. The average molecular weight is 535 g/mol. The summed E-state index contributed by atoms with van der Waals surface area (Å²) >= 11 is 0. The fourth-order valence-electron chi connectivity index (χ4n) is 5.32. The van der Waals surface area contributed by atoms with Crippen LogP contribution in [-0.2, 0) is 37.0 Å². The number of aryl methyl sites for hydroxylation is 3. The molecule has 1 aliphatic rings. The third-order valence-electron chi connectivity index (χ3n) is 7.50. The molecule has 0 bridgehead atoms. The molecular weight excluding hydrogens is 496 g/mol. The Morgan fingerprint density at radius 3 is 2.38 bits per heavy atom. The summed E-state index contributed by atoms with van der Waals surface area (Å²) in [5.41, 5.74) is 7.67. The van der Waals surface area contributed by atoms with Crippen LogP contribution < -0.4 is 10.1 Å². The maximum absolute atomic E-state index is 12.1. The molecule has 0 saturated heterocycles. The number of ether oxygens (including phenoxy) is 2. The van der Waals surface area contributed by atoms with Gasteiger partial charge in [-0.3, -0.25) is 0 Å². The molecule has 1 unspecified atom stereocenters. The van der Waals surface area contributed by atoms with Gasteiger partial charge in [0.05, 0.1) is 6.61 Å². The van der Waals surface area contributed by atoms with Crippen molar-refractivity contribution in [3.63, 3.8) is 0 Å². The van der Waals surface area contributed by atoms with Gasteiger partial charge < -0.3 is 14.8 Å². The van der Waals surface area contributed by atoms with E-state index in [1.807, 2.05) is 19.1 Å². The highest BCUT2D eigenvalue weighted by molar-refractivity contribution is 5.87. The van der Waals surface area contributed by atoms with E-state index in [4.69, 9.17) is 9.47 Å². The summed E-state index contributed by atoms with van der Waals surface area (Å²) in [5.74, 6) is 0.582. The standard InChI is InChI=1S/C35H38N2O3/c1-2-39-35(38)33-22-21-30-31(12-8-13-32(30)37-33)36-24-23-29-11-6-7-14-34(29)40-25-28-19-17-27(18-20-28)16-15-26-9-4-3-5-10-26/h3-7,9-11,14,17-22,31,36H,2,8,12-13,15-16,23-25H2,1H3. The summed E-state index contributed by atoms with van der Waals surface area (Å²) < 4.78 is 11.4. The van der Waals surface area contributed by atoms with Gasteiger partial charge in [0.25, 0.3) is 0 Å². The van der Waals surface area contributed by atoms with Gasteiger partial charge in [0, 0.05) is 11.7 Å². The van der Waals surface area contributed by atoms with Gasteiger partial charge in [0.1, 0.15) is 18.1 Å². The molecule has 0 fully saturated rings. The number of para-hydroxylation sites is 1. The van der Waals surface area contributed by atoms with Crippen LogP contribution in [0, 0.1) is 0 Å². The lowest BCUT2D eigenvalue weighted by Gasteiger charge is -2.26. The number of hydrogen-bond donors (Lipinski definition) is 1. The molecule has 5 heteroatoms. The predicted molar refractivity (Wildman–Crippen MR) is 159 cm³/mol. The van der Waals surface area contributed by atoms with Gasteiger partial charge in [-0.1, -0.05) is 78.9 Å². The molecular formula is C35H38N2O3. The zero-order valence-electron chi connectivity index (χ0n) is 23.3. The van der Waals surface area contributed by atoms with Gasteiger partial charge in [0.15, 0.2) is 0 Å². The minimum atomic E-state index is -0.351. The number of aromatic nitrogens is 1. The van der Waals surface area contributed by atoms with E-state index in [1.54, 1.807) is 6.07 Å². The molecule has 40 heavy (non-hydrogen) atoms. The number of hydrogen-bond acceptors (Lipinski definition) is 5. The topological polar surface area (TPSA) is 60.5 Å². The Morgan fingerprint density at radius 1 is 0.850 bits per heavy atom. The normalized spacial score (nSPS) is 14.4. The van der Waals surface area contributed by atoms with Crippen LogP contribution >= 0.6 is 0 Å². The summed E-state index contributed by atoms with van der Waals surface area (Å²) in [6.45, 7) is 3.55. The van der Waals surface area contributed by atoms with Crippen LogP contribution in [0.5, 0.6) is 5.75 Å². The zero-order valence-corrected chi connectivity index (χ0v) is 23.3. The second-order valence-electron chi connectivity index (χ2n) is 10.3. The first-order chi connectivity index (χ1) is 19.7. The van der Waals surface area contributed by atoms with E-state index >= 15 is 0 Å². The molecule has 0 saturated carbocycles. The molecule has 0 amide bonds. The Kier molecular flexibility index (Phi) is 9.59. The average Bonchev–Trinajstić information content (AvgIpc) is 3.00. The summed E-state index contributed by atoms with van der Waals surface area (Å²) in [6.07, 6.45) is 5.96. The molecule has 4 aromatic rings. The zero-order chi connectivity index (χ0) is 27.6. The van der Waals surface area contributed by atoms with Crippen LogP contribution in [0.15, 0.2) is 91.0 Å². The molecule has 0 aliphatic heterocycles. The lowest BCUT2D eigenvalue weighted by molar-refractivity contribution is 0.0519. The van der Waals surface area contributed by atoms with Crippen LogP contribution in [0.25, 0.3) is 0 Å². The summed E-state index contributed by atoms with van der Waals surface area (Å²) in [5, 5.41) is 3.72. The third-order valence-corrected chi connectivity index (χ3v) is 7.50. The van der Waals surface area contributed by atoms with Crippen molar-refractivity contribution in [2.24, 2.45) is 0 Å². The first-order valence-electron chi connectivity index (χ1n) is 14.4. The number of esters is 1. The second kappa shape index (κ2) is 13.9. The Balaban J connectivity index is 1.13. The van der Waals surface area contributed by atoms with Crippen LogP contribution in [0.3, 0.4) is 0 Å². The summed E-state index contributed by atoms with van der Waals surface area (Å²) in [4.78, 5) is 16.7. The van der Waals surface area contributed by atoms with Crippen molar-refractivity contribution in [1.29, 1.82) is 0 Å². The summed E-state index contributed by atoms with van der Waals surface area (Å²) in [7, 11) is 0. The first-order valence-corrected chi connectivity index (χ1v) is 14.4. The van der Waals surface area contributed by atoms with E-state index < -0.39 is 0 Å². The lowest BCUT2D eigenvalue weighted by Crippen LogP contribution is -2.28. The number of carbonyl (C=O) groups excluding carboxylic acids is 1. The number of nitrogens with zero attached hydrogens (tertiary/aromatic N) is 1. The smallest absolute Gasteiger partial charge is 0.356 e. The van der Waals surface area contributed by atoms with Gasteiger partial charge in [-0.2, -0.15) is 0 Å². The molecule has 3 aromatic carbocycles. The van der Waals surface area contributed by atoms with Gasteiger partial charge in [-0.05, 0) is 91.9 Å². The van der Waals surface area contributed by atoms with E-state index in [0.29, 0.717) is 18.9 Å². The fourth-order valence-corrected chi connectivity index (χ4v) is 5.32. The quantitative estimate of drug-likeness (QED) is 0.202. The van der Waals surface area contributed by atoms with Crippen molar-refractivity contribution in [3.8, 4) is 5.75 Å². The number of pyridine rings is 1. The Morgan fingerprint density at radius 2 is 1.57 bits per heavy atom. The van der Waals surface area contributed by atoms with Crippen molar-refractivity contribution in [3.05, 3.63) is 130 Å². The molecule has 1 N–H and O–H groups in total. The molecule has 1 aromatic heterocycles. The van der Waals surface area contributed by atoms with E-state index in [-0.39, 0.29) is 12.0 Å². The summed E-state index contributed by atoms with van der Waals surface area (Å²) in [6, 6.07) is 31.8. The minimum Gasteiger partial charge on any atom is -0.489 e. The second-order valence-corrected chi connectivity index (χ2v) is 10.3. The number of rotatable bonds is 12. The lowest BCUT2D eigenvalue weighted by atomic mass is 9.91. The largest absolute Gasteiger partial charge is 0.489 e. The van der Waals surface area contributed by atoms with Crippen LogP contribution in [0.2, 0.25) is 0 Å². The van der Waals surface area contributed by atoms with Gasteiger partial charge in [-0.25, -0.2) is 9.78 Å². The van der Waals surface area contributed by atoms with Crippen molar-refractivity contribution < 1.29 is 14.3 Å². The molecule has 1 atom stereocenters. The van der Waals surface area contributed by atoms with E-state index in [9.17, 15) is 4.79 Å². The number of fused-ring (bicyclic) bond motifs is 1. The molecule has 0 spiro atoms. The van der Waals surface area contributed by atoms with Gasteiger partial charge >= 0.3 is 5.97 Å². The molecule has 206 valence electrons. The van der Waals surface area contributed by atoms with Crippen LogP contribution in [0.1, 0.15) is 69.8 Å². The van der Waals surface area contributed by atoms with Crippen molar-refractivity contribution >= 4 is 5.97 Å².